The Labute approximate surface area is 270 Å². The van der Waals surface area contributed by atoms with Crippen molar-refractivity contribution < 1.29 is 0 Å². The minimum atomic E-state index is 1.05. The Balaban J connectivity index is 1.43. The molecule has 0 spiro atoms. The van der Waals surface area contributed by atoms with Gasteiger partial charge in [-0.05, 0) is 272 Å². The van der Waals surface area contributed by atoms with Crippen LogP contribution in [0.15, 0.2) is 0 Å². The van der Waals surface area contributed by atoms with Crippen LogP contribution in [0.5, 0.6) is 0 Å². The fourth-order valence-electron chi connectivity index (χ4n) is 10.5. The van der Waals surface area contributed by atoms with Crippen molar-refractivity contribution in [1.29, 1.82) is 0 Å². The van der Waals surface area contributed by atoms with Crippen molar-refractivity contribution in [2.75, 3.05) is 0 Å². The summed E-state index contributed by atoms with van der Waals surface area (Å²) in [5, 5.41) is 3.04. The standard InChI is InChI=1S/C45H48/c1-18-20(3)24(7)40-32(22(18)5)16-36-29(12)43-37(28(11)42(36)40)17-35-27(10)38-30(13)44-34(26(9)39(38)31(14)45(35)43)15-33-23(6)19(2)21(4)25(8)41(33)44/h15-17H2,1-14H3. The Kier molecular flexibility index (Phi) is 5.76. The highest BCUT2D eigenvalue weighted by Crippen LogP contribution is 2.56. The minimum absolute atomic E-state index is 1.05. The Bertz CT molecular complexity index is 2300. The molecular formula is C45H48. The van der Waals surface area contributed by atoms with Crippen LogP contribution in [0.4, 0.5) is 0 Å². The molecule has 0 heteroatoms. The maximum absolute atomic E-state index is 2.44. The van der Waals surface area contributed by atoms with Crippen LogP contribution in [0, 0.1) is 96.9 Å². The number of hydrogen-bond donors (Lipinski definition) is 0. The first-order valence-corrected chi connectivity index (χ1v) is 17.1. The first kappa shape index (κ1) is 28.8. The largest absolute Gasteiger partial charge is 0.0447 e. The molecule has 0 nitrogen and oxygen atoms in total. The molecule has 0 radical (unpaired) electrons. The quantitative estimate of drug-likeness (QED) is 0.165. The summed E-state index contributed by atoms with van der Waals surface area (Å²) < 4.78 is 0. The Morgan fingerprint density at radius 1 is 0.200 bits per heavy atom. The summed E-state index contributed by atoms with van der Waals surface area (Å²) >= 11 is 0. The maximum atomic E-state index is 2.44. The molecule has 5 aromatic rings. The van der Waals surface area contributed by atoms with E-state index in [9.17, 15) is 0 Å². The average molecular weight is 589 g/mol. The van der Waals surface area contributed by atoms with Gasteiger partial charge in [0.05, 0.1) is 0 Å². The van der Waals surface area contributed by atoms with Crippen LogP contribution in [-0.4, -0.2) is 0 Å². The number of aryl methyl sites for hydroxylation is 4. The van der Waals surface area contributed by atoms with Crippen LogP contribution >= 0.6 is 0 Å². The molecule has 228 valence electrons. The second-order valence-electron chi connectivity index (χ2n) is 15.2. The van der Waals surface area contributed by atoms with E-state index in [2.05, 4.69) is 96.9 Å². The van der Waals surface area contributed by atoms with Crippen LogP contribution in [0.25, 0.3) is 44.2 Å². The van der Waals surface area contributed by atoms with E-state index < -0.39 is 0 Å². The maximum Gasteiger partial charge on any atom is -0.000754 e. The zero-order valence-corrected chi connectivity index (χ0v) is 30.1. The molecule has 0 atom stereocenters. The van der Waals surface area contributed by atoms with Crippen LogP contribution in [-0.2, 0) is 19.3 Å². The third-order valence-electron chi connectivity index (χ3n) is 13.7. The molecule has 0 unspecified atom stereocenters. The van der Waals surface area contributed by atoms with Crippen LogP contribution < -0.4 is 0 Å². The van der Waals surface area contributed by atoms with Crippen LogP contribution in [0.3, 0.4) is 0 Å². The van der Waals surface area contributed by atoms with Gasteiger partial charge in [0.25, 0.3) is 0 Å². The molecular weight excluding hydrogens is 540 g/mol. The summed E-state index contributed by atoms with van der Waals surface area (Å²) in [5.41, 5.74) is 39.6. The highest BCUT2D eigenvalue weighted by molar-refractivity contribution is 6.08. The van der Waals surface area contributed by atoms with Gasteiger partial charge in [-0.2, -0.15) is 0 Å². The van der Waals surface area contributed by atoms with E-state index in [4.69, 9.17) is 0 Å². The van der Waals surface area contributed by atoms with E-state index in [1.165, 1.54) is 99.8 Å². The molecule has 0 aromatic heterocycles. The molecule has 0 saturated heterocycles. The third kappa shape index (κ3) is 3.19. The summed E-state index contributed by atoms with van der Waals surface area (Å²) in [5.74, 6) is 0. The van der Waals surface area contributed by atoms with Crippen molar-refractivity contribution >= 4 is 10.8 Å². The van der Waals surface area contributed by atoms with Gasteiger partial charge in [0.1, 0.15) is 0 Å². The molecule has 0 bridgehead atoms. The first-order valence-electron chi connectivity index (χ1n) is 17.1. The zero-order chi connectivity index (χ0) is 32.3. The highest BCUT2D eigenvalue weighted by atomic mass is 14.4. The SMILES string of the molecule is Cc1c(C)c(C)c2c(c1C)Cc1c(C)c3c(c(C)c1-2)Cc1c-3c(C)c2c(C)c3c(c(C)c2c1C)-c1c(C)c(C)c(C)c(C)c1C3. The summed E-state index contributed by atoms with van der Waals surface area (Å²) in [6.07, 6.45) is 3.18. The molecule has 0 fully saturated rings. The van der Waals surface area contributed by atoms with Gasteiger partial charge in [-0.25, -0.2) is 0 Å². The fourth-order valence-corrected chi connectivity index (χ4v) is 10.5. The Morgan fingerprint density at radius 2 is 0.422 bits per heavy atom. The van der Waals surface area contributed by atoms with Gasteiger partial charge in [-0.1, -0.05) is 0 Å². The summed E-state index contributed by atoms with van der Waals surface area (Å²) in [4.78, 5) is 0. The molecule has 0 amide bonds. The Hall–Kier alpha value is -3.64. The monoisotopic (exact) mass is 588 g/mol. The zero-order valence-electron chi connectivity index (χ0n) is 30.1. The highest BCUT2D eigenvalue weighted by Gasteiger charge is 2.37. The lowest BCUT2D eigenvalue weighted by atomic mass is 9.81. The lowest BCUT2D eigenvalue weighted by molar-refractivity contribution is 1.13. The number of benzene rings is 5. The van der Waals surface area contributed by atoms with Gasteiger partial charge in [0.2, 0.25) is 0 Å². The summed E-state index contributed by atoms with van der Waals surface area (Å²) in [6.45, 7) is 33.3. The van der Waals surface area contributed by atoms with Gasteiger partial charge >= 0.3 is 0 Å². The van der Waals surface area contributed by atoms with Gasteiger partial charge in [0, 0.05) is 0 Å². The average Bonchev–Trinajstić information content (AvgIpc) is 3.73. The van der Waals surface area contributed by atoms with Crippen molar-refractivity contribution in [3.63, 3.8) is 0 Å². The third-order valence-corrected chi connectivity index (χ3v) is 13.7. The van der Waals surface area contributed by atoms with E-state index in [1.54, 1.807) is 55.6 Å². The number of fused-ring (bicyclic) bond motifs is 10. The molecule has 45 heavy (non-hydrogen) atoms. The molecule has 8 rings (SSSR count). The van der Waals surface area contributed by atoms with Gasteiger partial charge < -0.3 is 0 Å². The molecule has 3 aliphatic rings. The summed E-state index contributed by atoms with van der Waals surface area (Å²) in [7, 11) is 0. The normalized spacial score (nSPS) is 13.7. The van der Waals surface area contributed by atoms with Crippen molar-refractivity contribution in [3.8, 4) is 33.4 Å². The topological polar surface area (TPSA) is 0 Å². The van der Waals surface area contributed by atoms with E-state index in [0.717, 1.165) is 19.3 Å². The van der Waals surface area contributed by atoms with Crippen molar-refractivity contribution in [2.24, 2.45) is 0 Å². The Morgan fingerprint density at radius 3 is 0.756 bits per heavy atom. The predicted octanol–water partition coefficient (Wildman–Crippen LogP) is 11.9. The smallest absolute Gasteiger partial charge is 0.000754 e. The fraction of sp³-hybridized carbons (Fsp3) is 0.378. The molecule has 3 aliphatic carbocycles. The first-order chi connectivity index (χ1) is 21.2. The molecule has 0 N–H and O–H groups in total. The van der Waals surface area contributed by atoms with E-state index in [0.29, 0.717) is 0 Å². The van der Waals surface area contributed by atoms with Crippen molar-refractivity contribution in [2.45, 2.75) is 116 Å². The van der Waals surface area contributed by atoms with E-state index in [1.807, 2.05) is 0 Å². The van der Waals surface area contributed by atoms with Gasteiger partial charge in [0.15, 0.2) is 0 Å². The second kappa shape index (κ2) is 9.00. The predicted molar refractivity (Wildman–Crippen MR) is 195 cm³/mol. The second-order valence-corrected chi connectivity index (χ2v) is 15.2. The lowest BCUT2D eigenvalue weighted by Crippen LogP contribution is -2.02. The van der Waals surface area contributed by atoms with Crippen LogP contribution in [0.1, 0.15) is 111 Å². The number of hydrogen-bond acceptors (Lipinski definition) is 0. The van der Waals surface area contributed by atoms with Crippen molar-refractivity contribution in [3.05, 3.63) is 111 Å². The molecule has 0 aliphatic heterocycles. The van der Waals surface area contributed by atoms with Crippen molar-refractivity contribution in [1.82, 2.24) is 0 Å². The van der Waals surface area contributed by atoms with Gasteiger partial charge in [-0.3, -0.25) is 0 Å². The van der Waals surface area contributed by atoms with E-state index >= 15 is 0 Å². The molecule has 0 saturated carbocycles. The van der Waals surface area contributed by atoms with Crippen LogP contribution in [0.2, 0.25) is 0 Å². The minimum Gasteiger partial charge on any atom is -0.0447 e. The van der Waals surface area contributed by atoms with E-state index in [-0.39, 0.29) is 0 Å². The van der Waals surface area contributed by atoms with Gasteiger partial charge in [-0.15, -0.1) is 0 Å². The lowest BCUT2D eigenvalue weighted by Gasteiger charge is -2.23. The number of rotatable bonds is 0. The molecule has 5 aromatic carbocycles. The summed E-state index contributed by atoms with van der Waals surface area (Å²) in [6, 6.07) is 0. The molecule has 0 heterocycles.